The summed E-state index contributed by atoms with van der Waals surface area (Å²) in [6.45, 7) is 0.0488. The topological polar surface area (TPSA) is 58.6 Å². The Kier molecular flexibility index (Phi) is 4.78. The van der Waals surface area contributed by atoms with Crippen LogP contribution < -0.4 is 10.1 Å². The molecular weight excluding hydrogens is 329 g/mol. The van der Waals surface area contributed by atoms with Crippen molar-refractivity contribution < 1.29 is 19.0 Å². The molecule has 1 atom stereocenters. The summed E-state index contributed by atoms with van der Waals surface area (Å²) in [6.07, 6.45) is -0.826. The lowest BCUT2D eigenvalue weighted by Gasteiger charge is -2.12. The second-order valence-electron chi connectivity index (χ2n) is 5.26. The quantitative estimate of drug-likeness (QED) is 0.744. The summed E-state index contributed by atoms with van der Waals surface area (Å²) in [5.41, 5.74) is 0.951. The van der Waals surface area contributed by atoms with Gasteiger partial charge in [0.1, 0.15) is 0 Å². The van der Waals surface area contributed by atoms with Gasteiger partial charge < -0.3 is 15.2 Å². The van der Waals surface area contributed by atoms with Gasteiger partial charge in [0.05, 0.1) is 13.2 Å². The Morgan fingerprint density at radius 2 is 2.12 bits per heavy atom. The first kappa shape index (κ1) is 16.4. The number of halogens is 1. The van der Waals surface area contributed by atoms with Crippen LogP contribution in [0, 0.1) is 5.82 Å². The first-order valence-electron chi connectivity index (χ1n) is 7.36. The van der Waals surface area contributed by atoms with Gasteiger partial charge in [-0.05, 0) is 35.0 Å². The predicted molar refractivity (Wildman–Crippen MR) is 92.1 cm³/mol. The van der Waals surface area contributed by atoms with Crippen molar-refractivity contribution in [3.8, 4) is 5.75 Å². The molecule has 1 heterocycles. The largest absolute Gasteiger partial charge is 0.494 e. The number of methoxy groups -OCH3 is 1. The van der Waals surface area contributed by atoms with Crippen molar-refractivity contribution in [3.63, 3.8) is 0 Å². The van der Waals surface area contributed by atoms with Gasteiger partial charge in [0.15, 0.2) is 11.6 Å². The number of rotatable bonds is 5. The molecule has 3 aromatic rings. The van der Waals surface area contributed by atoms with Gasteiger partial charge in [0.25, 0.3) is 5.91 Å². The SMILES string of the molecule is COc1ccc(C(=O)NC[C@@H](O)c2csc3ccccc23)cc1F. The summed E-state index contributed by atoms with van der Waals surface area (Å²) in [7, 11) is 1.36. The monoisotopic (exact) mass is 345 g/mol. The maximum absolute atomic E-state index is 13.7. The maximum atomic E-state index is 13.7. The minimum Gasteiger partial charge on any atom is -0.494 e. The van der Waals surface area contributed by atoms with Crippen molar-refractivity contribution in [1.82, 2.24) is 5.32 Å². The smallest absolute Gasteiger partial charge is 0.251 e. The van der Waals surface area contributed by atoms with Crippen molar-refractivity contribution in [2.75, 3.05) is 13.7 Å². The molecule has 3 rings (SSSR count). The van der Waals surface area contributed by atoms with E-state index in [2.05, 4.69) is 5.32 Å². The van der Waals surface area contributed by atoms with Crippen LogP contribution in [0.5, 0.6) is 5.75 Å². The summed E-state index contributed by atoms with van der Waals surface area (Å²) >= 11 is 1.54. The highest BCUT2D eigenvalue weighted by Crippen LogP contribution is 2.29. The Morgan fingerprint density at radius 3 is 2.88 bits per heavy atom. The van der Waals surface area contributed by atoms with Crippen LogP contribution in [-0.2, 0) is 0 Å². The highest BCUT2D eigenvalue weighted by Gasteiger charge is 2.15. The van der Waals surface area contributed by atoms with Crippen molar-refractivity contribution in [2.45, 2.75) is 6.10 Å². The van der Waals surface area contributed by atoms with Crippen molar-refractivity contribution in [1.29, 1.82) is 0 Å². The van der Waals surface area contributed by atoms with Crippen LogP contribution in [-0.4, -0.2) is 24.7 Å². The van der Waals surface area contributed by atoms with Gasteiger partial charge >= 0.3 is 0 Å². The molecule has 0 radical (unpaired) electrons. The third-order valence-electron chi connectivity index (χ3n) is 3.74. The standard InChI is InChI=1S/C18H16FNO3S/c1-23-16-7-6-11(8-14(16)19)18(22)20-9-15(21)13-10-24-17-5-3-2-4-12(13)17/h2-8,10,15,21H,9H2,1H3,(H,20,22)/t15-/m1/s1. The normalized spacial score (nSPS) is 12.1. The van der Waals surface area contributed by atoms with Crippen molar-refractivity contribution in [3.05, 3.63) is 64.8 Å². The van der Waals surface area contributed by atoms with Crippen LogP contribution in [0.2, 0.25) is 0 Å². The molecule has 0 aliphatic heterocycles. The van der Waals surface area contributed by atoms with Crippen LogP contribution >= 0.6 is 11.3 Å². The second-order valence-corrected chi connectivity index (χ2v) is 6.17. The zero-order valence-electron chi connectivity index (χ0n) is 13.0. The first-order valence-corrected chi connectivity index (χ1v) is 8.24. The van der Waals surface area contributed by atoms with E-state index in [1.807, 2.05) is 29.6 Å². The van der Waals surface area contributed by atoms with Gasteiger partial charge in [0, 0.05) is 22.4 Å². The van der Waals surface area contributed by atoms with E-state index in [0.717, 1.165) is 21.7 Å². The fourth-order valence-corrected chi connectivity index (χ4v) is 3.47. The van der Waals surface area contributed by atoms with Gasteiger partial charge in [-0.3, -0.25) is 4.79 Å². The van der Waals surface area contributed by atoms with E-state index < -0.39 is 17.8 Å². The van der Waals surface area contributed by atoms with E-state index in [1.165, 1.54) is 19.2 Å². The lowest BCUT2D eigenvalue weighted by atomic mass is 10.1. The van der Waals surface area contributed by atoms with Gasteiger partial charge in [-0.15, -0.1) is 11.3 Å². The van der Waals surface area contributed by atoms with Crippen molar-refractivity contribution >= 4 is 27.3 Å². The average Bonchev–Trinajstić information content (AvgIpc) is 3.03. The Labute approximate surface area is 142 Å². The van der Waals surface area contributed by atoms with E-state index in [0.29, 0.717) is 0 Å². The zero-order chi connectivity index (χ0) is 17.1. The number of amides is 1. The fraction of sp³-hybridized carbons (Fsp3) is 0.167. The molecule has 0 bridgehead atoms. The predicted octanol–water partition coefficient (Wildman–Crippen LogP) is 3.51. The van der Waals surface area contributed by atoms with Crippen LogP contribution in [0.25, 0.3) is 10.1 Å². The summed E-state index contributed by atoms with van der Waals surface area (Å²) in [5, 5.41) is 15.8. The summed E-state index contributed by atoms with van der Waals surface area (Å²) < 4.78 is 19.6. The molecule has 0 saturated carbocycles. The van der Waals surface area contributed by atoms with Gasteiger partial charge in [-0.1, -0.05) is 18.2 Å². The van der Waals surface area contributed by atoms with E-state index in [-0.39, 0.29) is 17.9 Å². The molecule has 24 heavy (non-hydrogen) atoms. The van der Waals surface area contributed by atoms with Crippen LogP contribution in [0.15, 0.2) is 47.8 Å². The number of benzene rings is 2. The molecule has 0 unspecified atom stereocenters. The highest BCUT2D eigenvalue weighted by atomic mass is 32.1. The lowest BCUT2D eigenvalue weighted by molar-refractivity contribution is 0.0916. The number of fused-ring (bicyclic) bond motifs is 1. The average molecular weight is 345 g/mol. The molecule has 124 valence electrons. The molecule has 0 saturated heterocycles. The number of hydrogen-bond donors (Lipinski definition) is 2. The van der Waals surface area contributed by atoms with E-state index in [4.69, 9.17) is 4.74 Å². The number of aliphatic hydroxyl groups excluding tert-OH is 1. The number of aliphatic hydroxyl groups is 1. The number of ether oxygens (including phenoxy) is 1. The van der Waals surface area contributed by atoms with Gasteiger partial charge in [-0.25, -0.2) is 4.39 Å². The molecule has 2 N–H and O–H groups in total. The second kappa shape index (κ2) is 6.98. The van der Waals surface area contributed by atoms with E-state index >= 15 is 0 Å². The molecule has 6 heteroatoms. The minimum absolute atomic E-state index is 0.0488. The zero-order valence-corrected chi connectivity index (χ0v) is 13.8. The van der Waals surface area contributed by atoms with Crippen LogP contribution in [0.4, 0.5) is 4.39 Å². The highest BCUT2D eigenvalue weighted by molar-refractivity contribution is 7.17. The lowest BCUT2D eigenvalue weighted by Crippen LogP contribution is -2.28. The maximum Gasteiger partial charge on any atom is 0.251 e. The molecule has 0 aliphatic rings. The Balaban J connectivity index is 1.68. The van der Waals surface area contributed by atoms with E-state index in [9.17, 15) is 14.3 Å². The molecule has 0 fully saturated rings. The molecular formula is C18H16FNO3S. The summed E-state index contributed by atoms with van der Waals surface area (Å²) in [4.78, 5) is 12.1. The number of nitrogens with one attached hydrogen (secondary N) is 1. The number of thiophene rings is 1. The third-order valence-corrected chi connectivity index (χ3v) is 4.72. The number of carbonyl (C=O) groups is 1. The summed E-state index contributed by atoms with van der Waals surface area (Å²) in [5.74, 6) is -0.971. The molecule has 0 aliphatic carbocycles. The number of hydrogen-bond acceptors (Lipinski definition) is 4. The molecule has 2 aromatic carbocycles. The molecule has 1 aromatic heterocycles. The Morgan fingerprint density at radius 1 is 1.33 bits per heavy atom. The van der Waals surface area contributed by atoms with Gasteiger partial charge in [0.2, 0.25) is 0 Å². The minimum atomic E-state index is -0.826. The van der Waals surface area contributed by atoms with Crippen molar-refractivity contribution in [2.24, 2.45) is 0 Å². The third kappa shape index (κ3) is 3.25. The summed E-state index contributed by atoms with van der Waals surface area (Å²) in [6, 6.07) is 11.7. The van der Waals surface area contributed by atoms with Crippen LogP contribution in [0.1, 0.15) is 22.0 Å². The first-order chi connectivity index (χ1) is 11.6. The van der Waals surface area contributed by atoms with Gasteiger partial charge in [-0.2, -0.15) is 0 Å². The Bertz CT molecular complexity index is 878. The number of carbonyl (C=O) groups excluding carboxylic acids is 1. The van der Waals surface area contributed by atoms with Crippen LogP contribution in [0.3, 0.4) is 0 Å². The molecule has 1 amide bonds. The molecule has 4 nitrogen and oxygen atoms in total. The van der Waals surface area contributed by atoms with E-state index in [1.54, 1.807) is 11.3 Å². The molecule has 0 spiro atoms. The Hall–Kier alpha value is -2.44. The fourth-order valence-electron chi connectivity index (χ4n) is 2.47.